The lowest BCUT2D eigenvalue weighted by Gasteiger charge is -2.35. The number of halogens is 3. The van der Waals surface area contributed by atoms with Gasteiger partial charge >= 0.3 is 6.18 Å². The van der Waals surface area contributed by atoms with Crippen molar-refractivity contribution in [2.45, 2.75) is 18.6 Å². The van der Waals surface area contributed by atoms with E-state index in [0.29, 0.717) is 13.1 Å². The molecule has 6 nitrogen and oxygen atoms in total. The van der Waals surface area contributed by atoms with Crippen LogP contribution in [-0.4, -0.2) is 68.2 Å². The van der Waals surface area contributed by atoms with Gasteiger partial charge in [0.15, 0.2) is 0 Å². The van der Waals surface area contributed by atoms with Crippen LogP contribution in [0.15, 0.2) is 30.3 Å². The number of carbonyl (C=O) groups is 2. The lowest BCUT2D eigenvalue weighted by molar-refractivity contribution is -0.184. The van der Waals surface area contributed by atoms with E-state index in [9.17, 15) is 22.8 Å². The maximum absolute atomic E-state index is 13.2. The van der Waals surface area contributed by atoms with E-state index in [1.807, 2.05) is 6.07 Å². The van der Waals surface area contributed by atoms with Gasteiger partial charge in [0.25, 0.3) is 0 Å². The number of hydrogen-bond acceptors (Lipinski definition) is 4. The van der Waals surface area contributed by atoms with Crippen molar-refractivity contribution >= 4 is 11.8 Å². The van der Waals surface area contributed by atoms with Gasteiger partial charge in [-0.3, -0.25) is 14.5 Å². The van der Waals surface area contributed by atoms with E-state index in [-0.39, 0.29) is 32.0 Å². The molecular weight excluding hydrogens is 349 g/mol. The predicted molar refractivity (Wildman–Crippen MR) is 90.5 cm³/mol. The Labute approximate surface area is 150 Å². The molecule has 1 saturated heterocycles. The molecule has 1 aliphatic rings. The summed E-state index contributed by atoms with van der Waals surface area (Å²) in [6.07, 6.45) is -4.32. The van der Waals surface area contributed by atoms with Crippen LogP contribution in [-0.2, 0) is 16.0 Å². The van der Waals surface area contributed by atoms with Crippen molar-refractivity contribution in [3.8, 4) is 0 Å². The average molecular weight is 372 g/mol. The van der Waals surface area contributed by atoms with Gasteiger partial charge in [-0.05, 0) is 5.56 Å². The van der Waals surface area contributed by atoms with Gasteiger partial charge in [0.05, 0.1) is 13.0 Å². The Morgan fingerprint density at radius 1 is 1.08 bits per heavy atom. The van der Waals surface area contributed by atoms with Gasteiger partial charge in [0, 0.05) is 32.7 Å². The summed E-state index contributed by atoms with van der Waals surface area (Å²) in [5.41, 5.74) is 0.793. The zero-order valence-electron chi connectivity index (χ0n) is 14.3. The molecule has 0 radical (unpaired) electrons. The van der Waals surface area contributed by atoms with Crippen LogP contribution in [0.3, 0.4) is 0 Å². The Bertz CT molecular complexity index is 589. The van der Waals surface area contributed by atoms with Crippen molar-refractivity contribution < 1.29 is 22.8 Å². The summed E-state index contributed by atoms with van der Waals surface area (Å²) >= 11 is 0. The average Bonchev–Trinajstić information content (AvgIpc) is 2.61. The first-order valence-electron chi connectivity index (χ1n) is 8.45. The van der Waals surface area contributed by atoms with Crippen LogP contribution < -0.4 is 16.0 Å². The highest BCUT2D eigenvalue weighted by molar-refractivity contribution is 5.85. The Hall–Kier alpha value is -2.13. The molecule has 1 aromatic rings. The monoisotopic (exact) mass is 372 g/mol. The molecule has 1 aromatic carbocycles. The lowest BCUT2D eigenvalue weighted by atomic mass is 10.1. The van der Waals surface area contributed by atoms with E-state index >= 15 is 0 Å². The Kier molecular flexibility index (Phi) is 7.40. The van der Waals surface area contributed by atoms with Crippen molar-refractivity contribution in [1.29, 1.82) is 0 Å². The van der Waals surface area contributed by atoms with Gasteiger partial charge in [-0.25, -0.2) is 0 Å². The fourth-order valence-electron chi connectivity index (χ4n) is 2.74. The van der Waals surface area contributed by atoms with Gasteiger partial charge in [-0.1, -0.05) is 30.3 Å². The third-order valence-electron chi connectivity index (χ3n) is 4.12. The molecule has 1 heterocycles. The van der Waals surface area contributed by atoms with Crippen LogP contribution in [0.1, 0.15) is 5.56 Å². The Morgan fingerprint density at radius 2 is 1.73 bits per heavy atom. The molecule has 1 unspecified atom stereocenters. The molecule has 144 valence electrons. The Morgan fingerprint density at radius 3 is 2.35 bits per heavy atom. The second-order valence-electron chi connectivity index (χ2n) is 6.09. The molecule has 1 atom stereocenters. The van der Waals surface area contributed by atoms with Crippen LogP contribution >= 0.6 is 0 Å². The largest absolute Gasteiger partial charge is 0.405 e. The summed E-state index contributed by atoms with van der Waals surface area (Å²) in [5.74, 6) is -1.00. The molecule has 1 aliphatic heterocycles. The van der Waals surface area contributed by atoms with Gasteiger partial charge in [-0.2, -0.15) is 13.2 Å². The summed E-state index contributed by atoms with van der Waals surface area (Å²) < 4.78 is 39.7. The summed E-state index contributed by atoms with van der Waals surface area (Å²) in [7, 11) is 0. The molecule has 0 bridgehead atoms. The third-order valence-corrected chi connectivity index (χ3v) is 4.12. The second kappa shape index (κ2) is 9.54. The first-order chi connectivity index (χ1) is 12.4. The van der Waals surface area contributed by atoms with E-state index in [1.165, 1.54) is 4.90 Å². The van der Waals surface area contributed by atoms with Crippen molar-refractivity contribution in [2.24, 2.45) is 0 Å². The smallest absolute Gasteiger partial charge is 0.353 e. The van der Waals surface area contributed by atoms with E-state index in [2.05, 4.69) is 16.0 Å². The fraction of sp³-hybridized carbons (Fsp3) is 0.529. The van der Waals surface area contributed by atoms with Gasteiger partial charge in [0.2, 0.25) is 11.8 Å². The first kappa shape index (κ1) is 20.2. The van der Waals surface area contributed by atoms with Crippen LogP contribution in [0.25, 0.3) is 0 Å². The number of rotatable bonds is 7. The molecule has 9 heteroatoms. The van der Waals surface area contributed by atoms with E-state index < -0.39 is 24.7 Å². The van der Waals surface area contributed by atoms with Crippen LogP contribution in [0.4, 0.5) is 13.2 Å². The van der Waals surface area contributed by atoms with Gasteiger partial charge in [-0.15, -0.1) is 0 Å². The summed E-state index contributed by atoms with van der Waals surface area (Å²) in [6.45, 7) is 0.628. The number of carbonyl (C=O) groups excluding carboxylic acids is 2. The maximum Gasteiger partial charge on any atom is 0.405 e. The number of amides is 2. The topological polar surface area (TPSA) is 73.5 Å². The summed E-state index contributed by atoms with van der Waals surface area (Å²) in [5, 5.41) is 7.68. The highest BCUT2D eigenvalue weighted by Crippen LogP contribution is 2.24. The molecule has 26 heavy (non-hydrogen) atoms. The van der Waals surface area contributed by atoms with Crippen molar-refractivity contribution in [1.82, 2.24) is 20.9 Å². The van der Waals surface area contributed by atoms with Gasteiger partial charge < -0.3 is 16.0 Å². The molecule has 2 amide bonds. The lowest BCUT2D eigenvalue weighted by Crippen LogP contribution is -2.58. The normalized spacial score (nSPS) is 16.7. The molecule has 0 aliphatic carbocycles. The highest BCUT2D eigenvalue weighted by Gasteiger charge is 2.43. The zero-order valence-corrected chi connectivity index (χ0v) is 14.3. The van der Waals surface area contributed by atoms with Crippen LogP contribution in [0.5, 0.6) is 0 Å². The number of nitrogens with one attached hydrogen (secondary N) is 3. The molecule has 3 N–H and O–H groups in total. The van der Waals surface area contributed by atoms with Gasteiger partial charge in [0.1, 0.15) is 6.04 Å². The molecular formula is C17H23F3N4O2. The fourth-order valence-corrected chi connectivity index (χ4v) is 2.74. The van der Waals surface area contributed by atoms with E-state index in [4.69, 9.17) is 0 Å². The van der Waals surface area contributed by atoms with E-state index in [0.717, 1.165) is 5.56 Å². The summed E-state index contributed by atoms with van der Waals surface area (Å²) in [4.78, 5) is 24.9. The molecule has 2 rings (SSSR count). The standard InChI is InChI=1S/C17H23F3N4O2/c18-17(19,20)14(24-8-6-21-7-9-24)11-22-16(26)12-23-15(25)10-13-4-2-1-3-5-13/h1-5,14,21H,6-12H2,(H,22,26)(H,23,25). The number of nitrogens with zero attached hydrogens (tertiary/aromatic N) is 1. The molecule has 0 saturated carbocycles. The number of benzene rings is 1. The van der Waals surface area contributed by atoms with Crippen molar-refractivity contribution in [2.75, 3.05) is 39.3 Å². The highest BCUT2D eigenvalue weighted by atomic mass is 19.4. The minimum atomic E-state index is -4.43. The van der Waals surface area contributed by atoms with E-state index in [1.54, 1.807) is 24.3 Å². The SMILES string of the molecule is O=C(CNC(=O)Cc1ccccc1)NCC(N1CCNCC1)C(F)(F)F. The Balaban J connectivity index is 1.76. The number of alkyl halides is 3. The minimum absolute atomic E-state index is 0.111. The van der Waals surface area contributed by atoms with Crippen LogP contribution in [0, 0.1) is 0 Å². The maximum atomic E-state index is 13.2. The molecule has 0 aromatic heterocycles. The number of hydrogen-bond donors (Lipinski definition) is 3. The zero-order chi connectivity index (χ0) is 19.0. The number of piperazine rings is 1. The third kappa shape index (κ3) is 6.64. The second-order valence-corrected chi connectivity index (χ2v) is 6.09. The van der Waals surface area contributed by atoms with Crippen molar-refractivity contribution in [3.05, 3.63) is 35.9 Å². The van der Waals surface area contributed by atoms with Crippen LogP contribution in [0.2, 0.25) is 0 Å². The predicted octanol–water partition coefficient (Wildman–Crippen LogP) is 0.298. The van der Waals surface area contributed by atoms with Crippen molar-refractivity contribution in [3.63, 3.8) is 0 Å². The molecule has 1 fully saturated rings. The first-order valence-corrected chi connectivity index (χ1v) is 8.45. The molecule has 0 spiro atoms. The quantitative estimate of drug-likeness (QED) is 0.644. The minimum Gasteiger partial charge on any atom is -0.353 e. The summed E-state index contributed by atoms with van der Waals surface area (Å²) in [6, 6.07) is 7.24.